The van der Waals surface area contributed by atoms with Gasteiger partial charge in [0.1, 0.15) is 19.0 Å². The zero-order valence-corrected chi connectivity index (χ0v) is 19.1. The highest BCUT2D eigenvalue weighted by molar-refractivity contribution is 6.35. The van der Waals surface area contributed by atoms with Crippen LogP contribution in [0.25, 0.3) is 0 Å². The van der Waals surface area contributed by atoms with Crippen LogP contribution in [0.2, 0.25) is 10.0 Å². The van der Waals surface area contributed by atoms with Gasteiger partial charge in [0.2, 0.25) is 0 Å². The van der Waals surface area contributed by atoms with Gasteiger partial charge >= 0.3 is 5.97 Å². The molecule has 2 aromatic rings. The third-order valence-corrected chi connectivity index (χ3v) is 6.16. The minimum absolute atomic E-state index is 0.0139. The molecule has 2 aliphatic rings. The smallest absolute Gasteiger partial charge is 0.336 e. The van der Waals surface area contributed by atoms with E-state index in [1.54, 1.807) is 18.2 Å². The molecule has 2 aromatic carbocycles. The minimum atomic E-state index is -0.605. The maximum atomic E-state index is 13.2. The third kappa shape index (κ3) is 4.69. The van der Waals surface area contributed by atoms with Gasteiger partial charge in [0.15, 0.2) is 5.78 Å². The zero-order chi connectivity index (χ0) is 22.7. The van der Waals surface area contributed by atoms with Crippen molar-refractivity contribution < 1.29 is 19.1 Å². The van der Waals surface area contributed by atoms with Gasteiger partial charge in [-0.25, -0.2) is 4.79 Å². The molecule has 0 aromatic heterocycles. The van der Waals surface area contributed by atoms with Crippen LogP contribution >= 0.6 is 23.2 Å². The molecule has 0 saturated carbocycles. The molecule has 1 N–H and O–H groups in total. The largest absolute Gasteiger partial charge is 0.490 e. The number of para-hydroxylation sites is 1. The number of carbonyl (C=O) groups excluding carboxylic acids is 2. The molecular weight excluding hydrogens is 449 g/mol. The molecule has 166 valence electrons. The summed E-state index contributed by atoms with van der Waals surface area (Å²) in [4.78, 5) is 26.1. The van der Waals surface area contributed by atoms with Crippen LogP contribution < -0.4 is 10.1 Å². The van der Waals surface area contributed by atoms with Gasteiger partial charge in [-0.05, 0) is 49.6 Å². The van der Waals surface area contributed by atoms with Crippen LogP contribution in [0.15, 0.2) is 71.1 Å². The van der Waals surface area contributed by atoms with Crippen molar-refractivity contribution in [1.82, 2.24) is 5.32 Å². The van der Waals surface area contributed by atoms with E-state index in [1.165, 1.54) is 0 Å². The number of esters is 1. The van der Waals surface area contributed by atoms with Crippen molar-refractivity contribution in [3.63, 3.8) is 0 Å². The van der Waals surface area contributed by atoms with E-state index in [-0.39, 0.29) is 19.0 Å². The fraction of sp³-hybridized carbons (Fsp3) is 0.280. The first-order valence-corrected chi connectivity index (χ1v) is 11.2. The van der Waals surface area contributed by atoms with E-state index in [9.17, 15) is 9.59 Å². The Balaban J connectivity index is 1.59. The number of ether oxygens (including phenoxy) is 2. The Bertz CT molecular complexity index is 1110. The lowest BCUT2D eigenvalue weighted by molar-refractivity contribution is -0.140. The normalized spacial score (nSPS) is 18.2. The summed E-state index contributed by atoms with van der Waals surface area (Å²) < 4.78 is 11.1. The summed E-state index contributed by atoms with van der Waals surface area (Å²) in [5, 5.41) is 4.15. The van der Waals surface area contributed by atoms with Crippen molar-refractivity contribution in [3.05, 3.63) is 86.7 Å². The SMILES string of the molecule is CC1=C(C(=O)OCCOc2ccccc2)[C@@H](c2ccc(Cl)cc2Cl)C2=C(CCCC2=O)N1. The summed E-state index contributed by atoms with van der Waals surface area (Å²) in [5.74, 6) is -0.398. The average Bonchev–Trinajstić information content (AvgIpc) is 2.77. The molecule has 0 unspecified atom stereocenters. The Kier molecular flexibility index (Phi) is 6.87. The average molecular weight is 472 g/mol. The number of ketones is 1. The predicted molar refractivity (Wildman–Crippen MR) is 124 cm³/mol. The van der Waals surface area contributed by atoms with E-state index in [0.717, 1.165) is 18.5 Å². The van der Waals surface area contributed by atoms with E-state index >= 15 is 0 Å². The van der Waals surface area contributed by atoms with Crippen LogP contribution in [0, 0.1) is 0 Å². The van der Waals surface area contributed by atoms with Crippen LogP contribution in [0.4, 0.5) is 0 Å². The van der Waals surface area contributed by atoms with Gasteiger partial charge < -0.3 is 14.8 Å². The Labute approximate surface area is 197 Å². The molecule has 0 bridgehead atoms. The number of allylic oxidation sites excluding steroid dienone is 3. The summed E-state index contributed by atoms with van der Waals surface area (Å²) in [6.45, 7) is 2.11. The van der Waals surface area contributed by atoms with Gasteiger partial charge in [0.25, 0.3) is 0 Å². The van der Waals surface area contributed by atoms with Gasteiger partial charge in [0.05, 0.1) is 5.57 Å². The molecule has 1 heterocycles. The summed E-state index contributed by atoms with van der Waals surface area (Å²) in [6, 6.07) is 14.4. The van der Waals surface area contributed by atoms with E-state index in [0.29, 0.717) is 44.6 Å². The fourth-order valence-electron chi connectivity index (χ4n) is 4.19. The standard InChI is InChI=1S/C25H23Cl2NO4/c1-15-22(25(30)32-13-12-31-17-6-3-2-4-7-17)23(18-11-10-16(26)14-19(18)27)24-20(28-15)8-5-9-21(24)29/h2-4,6-7,10-11,14,23,28H,5,8-9,12-13H2,1H3/t23-/m1/s1. The second-order valence-electron chi connectivity index (χ2n) is 7.73. The lowest BCUT2D eigenvalue weighted by Crippen LogP contribution is -2.34. The van der Waals surface area contributed by atoms with Crippen LogP contribution in [-0.4, -0.2) is 25.0 Å². The number of hydrogen-bond acceptors (Lipinski definition) is 5. The molecule has 32 heavy (non-hydrogen) atoms. The van der Waals surface area contributed by atoms with Crippen LogP contribution in [-0.2, 0) is 14.3 Å². The maximum Gasteiger partial charge on any atom is 0.336 e. The van der Waals surface area contributed by atoms with Gasteiger partial charge in [-0.2, -0.15) is 0 Å². The Morgan fingerprint density at radius 2 is 1.88 bits per heavy atom. The number of benzene rings is 2. The molecule has 1 aliphatic carbocycles. The van der Waals surface area contributed by atoms with E-state index in [4.69, 9.17) is 32.7 Å². The fourth-order valence-corrected chi connectivity index (χ4v) is 4.71. The highest BCUT2D eigenvalue weighted by Gasteiger charge is 2.39. The van der Waals surface area contributed by atoms with Crippen molar-refractivity contribution >= 4 is 35.0 Å². The molecular formula is C25H23Cl2NO4. The number of halogens is 2. The highest BCUT2D eigenvalue weighted by Crippen LogP contribution is 2.44. The van der Waals surface area contributed by atoms with Crippen molar-refractivity contribution in [1.29, 1.82) is 0 Å². The zero-order valence-electron chi connectivity index (χ0n) is 17.6. The van der Waals surface area contributed by atoms with Gasteiger partial charge in [-0.3, -0.25) is 4.79 Å². The summed E-state index contributed by atoms with van der Waals surface area (Å²) in [7, 11) is 0. The Morgan fingerprint density at radius 3 is 2.62 bits per heavy atom. The second kappa shape index (κ2) is 9.80. The first-order chi connectivity index (χ1) is 15.5. The molecule has 1 aliphatic heterocycles. The van der Waals surface area contributed by atoms with Gasteiger partial charge in [-0.1, -0.05) is 47.5 Å². The lowest BCUT2D eigenvalue weighted by atomic mass is 9.75. The number of rotatable bonds is 6. The number of Topliss-reactive ketones (excluding diaryl/α,β-unsaturated/α-hetero) is 1. The Hall–Kier alpha value is -2.76. The third-order valence-electron chi connectivity index (χ3n) is 5.60. The van der Waals surface area contributed by atoms with Crippen LogP contribution in [0.5, 0.6) is 5.75 Å². The first-order valence-electron chi connectivity index (χ1n) is 10.5. The van der Waals surface area contributed by atoms with Crippen molar-refractivity contribution in [2.24, 2.45) is 0 Å². The number of hydrogen-bond donors (Lipinski definition) is 1. The number of dihydropyridines is 1. The molecule has 0 fully saturated rings. The molecule has 0 radical (unpaired) electrons. The molecule has 0 spiro atoms. The maximum absolute atomic E-state index is 13.2. The highest BCUT2D eigenvalue weighted by atomic mass is 35.5. The van der Waals surface area contributed by atoms with Crippen LogP contribution in [0.3, 0.4) is 0 Å². The molecule has 4 rings (SSSR count). The molecule has 7 heteroatoms. The van der Waals surface area contributed by atoms with Crippen molar-refractivity contribution in [3.8, 4) is 5.75 Å². The Morgan fingerprint density at radius 1 is 1.09 bits per heavy atom. The second-order valence-corrected chi connectivity index (χ2v) is 8.57. The molecule has 0 amide bonds. The van der Waals surface area contributed by atoms with E-state index in [2.05, 4.69) is 5.32 Å². The molecule has 0 saturated heterocycles. The quantitative estimate of drug-likeness (QED) is 0.439. The number of carbonyl (C=O) groups is 2. The summed E-state index contributed by atoms with van der Waals surface area (Å²) in [5.41, 5.74) is 3.12. The molecule has 1 atom stereocenters. The first kappa shape index (κ1) is 22.4. The number of nitrogens with one attached hydrogen (secondary N) is 1. The monoisotopic (exact) mass is 471 g/mol. The topological polar surface area (TPSA) is 64.6 Å². The summed E-state index contributed by atoms with van der Waals surface area (Å²) in [6.07, 6.45) is 1.96. The lowest BCUT2D eigenvalue weighted by Gasteiger charge is -2.34. The predicted octanol–water partition coefficient (Wildman–Crippen LogP) is 5.58. The van der Waals surface area contributed by atoms with Crippen molar-refractivity contribution in [2.75, 3.05) is 13.2 Å². The van der Waals surface area contributed by atoms with E-state index < -0.39 is 11.9 Å². The van der Waals surface area contributed by atoms with Gasteiger partial charge in [0, 0.05) is 39.4 Å². The molecule has 5 nitrogen and oxygen atoms in total. The summed E-state index contributed by atoms with van der Waals surface area (Å²) >= 11 is 12.6. The van der Waals surface area contributed by atoms with Crippen molar-refractivity contribution in [2.45, 2.75) is 32.1 Å². The van der Waals surface area contributed by atoms with E-state index in [1.807, 2.05) is 37.3 Å². The minimum Gasteiger partial charge on any atom is -0.490 e. The van der Waals surface area contributed by atoms with Gasteiger partial charge in [-0.15, -0.1) is 0 Å². The van der Waals surface area contributed by atoms with Crippen LogP contribution in [0.1, 0.15) is 37.7 Å².